The molecule has 98 valence electrons. The monoisotopic (exact) mass is 237 g/mol. The molecule has 1 saturated carbocycles. The molecule has 2 heterocycles. The van der Waals surface area contributed by atoms with Gasteiger partial charge in [-0.3, -0.25) is 9.80 Å². The predicted octanol–water partition coefficient (Wildman–Crippen LogP) is 1.15. The number of nitrogens with one attached hydrogen (secondary N) is 1. The van der Waals surface area contributed by atoms with Crippen LogP contribution < -0.4 is 5.32 Å². The van der Waals surface area contributed by atoms with Crippen molar-refractivity contribution in [2.24, 2.45) is 5.41 Å². The zero-order valence-corrected chi connectivity index (χ0v) is 11.4. The van der Waals surface area contributed by atoms with Crippen molar-refractivity contribution in [3.63, 3.8) is 0 Å². The molecule has 3 aliphatic rings. The van der Waals surface area contributed by atoms with E-state index in [1.807, 2.05) is 0 Å². The van der Waals surface area contributed by atoms with Gasteiger partial charge in [0, 0.05) is 51.4 Å². The van der Waals surface area contributed by atoms with Gasteiger partial charge in [-0.05, 0) is 18.3 Å². The number of rotatable bonds is 2. The fourth-order valence-electron chi connectivity index (χ4n) is 4.01. The molecule has 1 aliphatic carbocycles. The second kappa shape index (κ2) is 4.52. The van der Waals surface area contributed by atoms with Gasteiger partial charge in [0.2, 0.25) is 0 Å². The summed E-state index contributed by atoms with van der Waals surface area (Å²) < 4.78 is 0. The Bertz CT molecular complexity index is 265. The van der Waals surface area contributed by atoms with Crippen LogP contribution in [0.3, 0.4) is 0 Å². The van der Waals surface area contributed by atoms with Crippen molar-refractivity contribution >= 4 is 0 Å². The molecular weight excluding hydrogens is 210 g/mol. The zero-order valence-electron chi connectivity index (χ0n) is 11.4. The van der Waals surface area contributed by atoms with E-state index < -0.39 is 0 Å². The normalized spacial score (nSPS) is 36.0. The molecule has 0 aromatic carbocycles. The van der Waals surface area contributed by atoms with Crippen molar-refractivity contribution in [3.8, 4) is 0 Å². The van der Waals surface area contributed by atoms with E-state index in [9.17, 15) is 0 Å². The van der Waals surface area contributed by atoms with Gasteiger partial charge < -0.3 is 5.32 Å². The summed E-state index contributed by atoms with van der Waals surface area (Å²) in [5.41, 5.74) is 0.564. The Labute approximate surface area is 106 Å². The molecular formula is C14H27N3. The van der Waals surface area contributed by atoms with Crippen molar-refractivity contribution in [2.45, 2.75) is 45.2 Å². The number of hydrogen-bond donors (Lipinski definition) is 1. The van der Waals surface area contributed by atoms with Crippen molar-refractivity contribution in [3.05, 3.63) is 0 Å². The maximum absolute atomic E-state index is 3.44. The standard InChI is InChI=1S/C14H27N3/c1-14(2)5-3-4-13(14)17-10-12(11-17)16-8-6-15-7-9-16/h12-13,15H,3-11H2,1-2H3. The molecule has 2 aliphatic heterocycles. The minimum Gasteiger partial charge on any atom is -0.314 e. The quantitative estimate of drug-likeness (QED) is 0.777. The van der Waals surface area contributed by atoms with Crippen LogP contribution in [0, 0.1) is 5.41 Å². The summed E-state index contributed by atoms with van der Waals surface area (Å²) in [6, 6.07) is 1.72. The molecule has 1 atom stereocenters. The topological polar surface area (TPSA) is 18.5 Å². The Kier molecular flexibility index (Phi) is 3.18. The molecule has 0 aromatic rings. The smallest absolute Gasteiger partial charge is 0.0351 e. The van der Waals surface area contributed by atoms with E-state index >= 15 is 0 Å². The highest BCUT2D eigenvalue weighted by Crippen LogP contribution is 2.42. The lowest BCUT2D eigenvalue weighted by atomic mass is 9.84. The van der Waals surface area contributed by atoms with Crippen LogP contribution >= 0.6 is 0 Å². The van der Waals surface area contributed by atoms with Crippen molar-refractivity contribution < 1.29 is 0 Å². The SMILES string of the molecule is CC1(C)CCCC1N1CC(N2CCNCC2)C1. The molecule has 0 amide bonds. The summed E-state index contributed by atoms with van der Waals surface area (Å²) in [4.78, 5) is 5.44. The third-order valence-corrected chi connectivity index (χ3v) is 5.20. The molecule has 3 heteroatoms. The summed E-state index contributed by atoms with van der Waals surface area (Å²) in [6.07, 6.45) is 4.29. The van der Waals surface area contributed by atoms with E-state index in [-0.39, 0.29) is 0 Å². The summed E-state index contributed by atoms with van der Waals surface area (Å²) in [7, 11) is 0. The fraction of sp³-hybridized carbons (Fsp3) is 1.00. The molecule has 0 aromatic heterocycles. The number of piperazine rings is 1. The van der Waals surface area contributed by atoms with Crippen LogP contribution in [0.25, 0.3) is 0 Å². The summed E-state index contributed by atoms with van der Waals surface area (Å²) >= 11 is 0. The average molecular weight is 237 g/mol. The lowest BCUT2D eigenvalue weighted by Crippen LogP contribution is -2.65. The first kappa shape index (κ1) is 11.9. The Morgan fingerprint density at radius 1 is 1.06 bits per heavy atom. The van der Waals surface area contributed by atoms with Gasteiger partial charge in [0.05, 0.1) is 0 Å². The Hall–Kier alpha value is -0.120. The van der Waals surface area contributed by atoms with Crippen molar-refractivity contribution in [1.82, 2.24) is 15.1 Å². The minimum absolute atomic E-state index is 0.564. The van der Waals surface area contributed by atoms with Gasteiger partial charge in [0.25, 0.3) is 0 Å². The molecule has 3 rings (SSSR count). The van der Waals surface area contributed by atoms with Gasteiger partial charge in [-0.15, -0.1) is 0 Å². The van der Waals surface area contributed by atoms with Crippen molar-refractivity contribution in [1.29, 1.82) is 0 Å². The third kappa shape index (κ3) is 2.25. The maximum atomic E-state index is 3.44. The Morgan fingerprint density at radius 2 is 1.76 bits per heavy atom. The summed E-state index contributed by atoms with van der Waals surface area (Å²) in [6.45, 7) is 12.5. The maximum Gasteiger partial charge on any atom is 0.0351 e. The molecule has 17 heavy (non-hydrogen) atoms. The third-order valence-electron chi connectivity index (χ3n) is 5.20. The minimum atomic E-state index is 0.564. The van der Waals surface area contributed by atoms with Gasteiger partial charge in [-0.25, -0.2) is 0 Å². The summed E-state index contributed by atoms with van der Waals surface area (Å²) in [5.74, 6) is 0. The lowest BCUT2D eigenvalue weighted by molar-refractivity contribution is -0.0255. The van der Waals surface area contributed by atoms with Crippen LogP contribution in [0.15, 0.2) is 0 Å². The number of hydrogen-bond acceptors (Lipinski definition) is 3. The van der Waals surface area contributed by atoms with E-state index in [4.69, 9.17) is 0 Å². The highest BCUT2D eigenvalue weighted by Gasteiger charge is 2.44. The molecule has 0 bridgehead atoms. The first-order valence-electron chi connectivity index (χ1n) is 7.36. The van der Waals surface area contributed by atoms with E-state index in [1.165, 1.54) is 58.5 Å². The zero-order chi connectivity index (χ0) is 11.9. The van der Waals surface area contributed by atoms with Crippen LogP contribution in [-0.4, -0.2) is 61.2 Å². The second-order valence-corrected chi connectivity index (χ2v) is 6.79. The molecule has 3 nitrogen and oxygen atoms in total. The average Bonchev–Trinajstić information content (AvgIpc) is 2.58. The molecule has 1 unspecified atom stereocenters. The van der Waals surface area contributed by atoms with Crippen LogP contribution in [0.1, 0.15) is 33.1 Å². The van der Waals surface area contributed by atoms with E-state index in [0.29, 0.717) is 5.41 Å². The molecule has 1 N–H and O–H groups in total. The van der Waals surface area contributed by atoms with Crippen molar-refractivity contribution in [2.75, 3.05) is 39.3 Å². The molecule has 0 spiro atoms. The number of nitrogens with zero attached hydrogens (tertiary/aromatic N) is 2. The second-order valence-electron chi connectivity index (χ2n) is 6.79. The Morgan fingerprint density at radius 3 is 2.35 bits per heavy atom. The largest absolute Gasteiger partial charge is 0.314 e. The van der Waals surface area contributed by atoms with Crippen LogP contribution in [0.4, 0.5) is 0 Å². The van der Waals surface area contributed by atoms with E-state index in [1.54, 1.807) is 0 Å². The van der Waals surface area contributed by atoms with Crippen LogP contribution in [-0.2, 0) is 0 Å². The molecule has 3 fully saturated rings. The first-order valence-corrected chi connectivity index (χ1v) is 7.36. The first-order chi connectivity index (χ1) is 8.17. The lowest BCUT2D eigenvalue weighted by Gasteiger charge is -2.52. The Balaban J connectivity index is 1.50. The van der Waals surface area contributed by atoms with E-state index in [0.717, 1.165) is 12.1 Å². The number of likely N-dealkylation sites (tertiary alicyclic amines) is 1. The van der Waals surface area contributed by atoms with E-state index in [2.05, 4.69) is 29.0 Å². The molecule has 2 saturated heterocycles. The van der Waals surface area contributed by atoms with Gasteiger partial charge in [0.15, 0.2) is 0 Å². The highest BCUT2D eigenvalue weighted by molar-refractivity contribution is 4.99. The van der Waals surface area contributed by atoms with Gasteiger partial charge in [0.1, 0.15) is 0 Å². The van der Waals surface area contributed by atoms with Gasteiger partial charge in [-0.2, -0.15) is 0 Å². The fourth-order valence-corrected chi connectivity index (χ4v) is 4.01. The van der Waals surface area contributed by atoms with Gasteiger partial charge >= 0.3 is 0 Å². The van der Waals surface area contributed by atoms with Crippen LogP contribution in [0.2, 0.25) is 0 Å². The molecule has 0 radical (unpaired) electrons. The van der Waals surface area contributed by atoms with Gasteiger partial charge in [-0.1, -0.05) is 20.3 Å². The summed E-state index contributed by atoms with van der Waals surface area (Å²) in [5, 5.41) is 3.44. The predicted molar refractivity (Wildman–Crippen MR) is 71.2 cm³/mol. The van der Waals surface area contributed by atoms with Crippen LogP contribution in [0.5, 0.6) is 0 Å². The highest BCUT2D eigenvalue weighted by atomic mass is 15.3.